The maximum Gasteiger partial charge on any atom is 0.294 e. The molecule has 0 spiro atoms. The molecule has 1 saturated heterocycles. The zero-order valence-electron chi connectivity index (χ0n) is 18.5. The highest BCUT2D eigenvalue weighted by Gasteiger charge is 2.35. The molecule has 164 valence electrons. The van der Waals surface area contributed by atoms with Crippen molar-refractivity contribution in [2.75, 3.05) is 34.3 Å². The number of hydrogen-bond acceptors (Lipinski definition) is 4. The Hall–Kier alpha value is -3.54. The van der Waals surface area contributed by atoms with Crippen LogP contribution in [0.4, 0.5) is 17.1 Å². The molecule has 0 N–H and O–H groups in total. The molecular weight excluding hydrogens is 402 g/mol. The number of rotatable bonds is 3. The standard InChI is InChI=1S/C26H27N3O3/c1-18-17-28(26(31)25-6-5-15-32-25)24-16-21(9-12-23(24)29(18)19(2)30)20-7-10-22(11-8-20)27-13-3-4-14-27/h5-12,15-16,18H,3-4,13-14,17H2,1-2H3. The largest absolute Gasteiger partial charge is 0.459 e. The van der Waals surface area contributed by atoms with E-state index < -0.39 is 0 Å². The lowest BCUT2D eigenvalue weighted by atomic mass is 10.00. The smallest absolute Gasteiger partial charge is 0.294 e. The monoisotopic (exact) mass is 429 g/mol. The van der Waals surface area contributed by atoms with E-state index >= 15 is 0 Å². The SMILES string of the molecule is CC(=O)N1c2ccc(-c3ccc(N4CCCC4)cc3)cc2N(C(=O)c2ccco2)CC1C. The van der Waals surface area contributed by atoms with E-state index in [9.17, 15) is 9.59 Å². The minimum Gasteiger partial charge on any atom is -0.459 e. The van der Waals surface area contributed by atoms with Crippen LogP contribution in [0.1, 0.15) is 37.2 Å². The van der Waals surface area contributed by atoms with Crippen LogP contribution in [-0.2, 0) is 4.79 Å². The predicted molar refractivity (Wildman–Crippen MR) is 126 cm³/mol. The number of hydrogen-bond donors (Lipinski definition) is 0. The van der Waals surface area contributed by atoms with Crippen molar-refractivity contribution in [1.29, 1.82) is 0 Å². The van der Waals surface area contributed by atoms with Crippen LogP contribution in [0.5, 0.6) is 0 Å². The third-order valence-electron chi connectivity index (χ3n) is 6.40. The Morgan fingerprint density at radius 3 is 2.31 bits per heavy atom. The number of amides is 2. The van der Waals surface area contributed by atoms with Gasteiger partial charge in [-0.25, -0.2) is 0 Å². The number of nitrogens with zero attached hydrogens (tertiary/aromatic N) is 3. The molecule has 32 heavy (non-hydrogen) atoms. The number of carbonyl (C=O) groups excluding carboxylic acids is 2. The Bertz CT molecular complexity index is 1130. The molecule has 5 rings (SSSR count). The molecule has 0 saturated carbocycles. The Labute approximate surface area is 188 Å². The topological polar surface area (TPSA) is 57.0 Å². The average Bonchev–Trinajstić information content (AvgIpc) is 3.52. The summed E-state index contributed by atoms with van der Waals surface area (Å²) in [6, 6.07) is 17.8. The van der Waals surface area contributed by atoms with Gasteiger partial charge in [0.05, 0.1) is 23.7 Å². The van der Waals surface area contributed by atoms with Crippen LogP contribution in [-0.4, -0.2) is 37.5 Å². The van der Waals surface area contributed by atoms with Gasteiger partial charge in [-0.15, -0.1) is 0 Å². The molecule has 1 aromatic heterocycles. The zero-order valence-corrected chi connectivity index (χ0v) is 18.5. The second-order valence-corrected chi connectivity index (χ2v) is 8.58. The highest BCUT2D eigenvalue weighted by atomic mass is 16.3. The first-order valence-corrected chi connectivity index (χ1v) is 11.2. The summed E-state index contributed by atoms with van der Waals surface area (Å²) in [7, 11) is 0. The molecular formula is C26H27N3O3. The third-order valence-corrected chi connectivity index (χ3v) is 6.40. The number of fused-ring (bicyclic) bond motifs is 1. The Morgan fingerprint density at radius 2 is 1.66 bits per heavy atom. The van der Waals surface area contributed by atoms with Crippen LogP contribution >= 0.6 is 0 Å². The van der Waals surface area contributed by atoms with E-state index in [4.69, 9.17) is 4.42 Å². The molecule has 1 unspecified atom stereocenters. The van der Waals surface area contributed by atoms with Crippen LogP contribution in [0.2, 0.25) is 0 Å². The molecule has 0 aliphatic carbocycles. The van der Waals surface area contributed by atoms with Gasteiger partial charge in [0.1, 0.15) is 0 Å². The molecule has 3 heterocycles. The lowest BCUT2D eigenvalue weighted by Gasteiger charge is -2.40. The molecule has 6 nitrogen and oxygen atoms in total. The summed E-state index contributed by atoms with van der Waals surface area (Å²) < 4.78 is 5.37. The second kappa shape index (κ2) is 8.19. The summed E-state index contributed by atoms with van der Waals surface area (Å²) >= 11 is 0. The van der Waals surface area contributed by atoms with E-state index in [2.05, 4.69) is 29.2 Å². The highest BCUT2D eigenvalue weighted by molar-refractivity contribution is 6.10. The summed E-state index contributed by atoms with van der Waals surface area (Å²) in [5, 5.41) is 0. The summed E-state index contributed by atoms with van der Waals surface area (Å²) in [6.45, 7) is 6.15. The molecule has 2 aliphatic heterocycles. The van der Waals surface area contributed by atoms with Gasteiger partial charge in [-0.1, -0.05) is 18.2 Å². The van der Waals surface area contributed by atoms with Gasteiger partial charge in [-0.3, -0.25) is 9.59 Å². The van der Waals surface area contributed by atoms with Crippen molar-refractivity contribution in [3.8, 4) is 11.1 Å². The fourth-order valence-corrected chi connectivity index (χ4v) is 4.85. The summed E-state index contributed by atoms with van der Waals surface area (Å²) in [5.41, 5.74) is 4.80. The van der Waals surface area contributed by atoms with Crippen LogP contribution in [0, 0.1) is 0 Å². The molecule has 2 amide bonds. The van der Waals surface area contributed by atoms with Crippen LogP contribution in [0.25, 0.3) is 11.1 Å². The molecule has 0 bridgehead atoms. The van der Waals surface area contributed by atoms with Crippen molar-refractivity contribution in [2.45, 2.75) is 32.7 Å². The predicted octanol–water partition coefficient (Wildman–Crippen LogP) is 4.95. The van der Waals surface area contributed by atoms with Gasteiger partial charge < -0.3 is 19.1 Å². The van der Waals surface area contributed by atoms with Gasteiger partial charge in [-0.2, -0.15) is 0 Å². The van der Waals surface area contributed by atoms with Gasteiger partial charge in [0.2, 0.25) is 5.91 Å². The Kier molecular flexibility index (Phi) is 5.21. The van der Waals surface area contributed by atoms with Gasteiger partial charge in [-0.05, 0) is 67.3 Å². The Balaban J connectivity index is 1.54. The van der Waals surface area contributed by atoms with E-state index in [1.165, 1.54) is 24.8 Å². The summed E-state index contributed by atoms with van der Waals surface area (Å²) in [5.74, 6) is 0.0548. The van der Waals surface area contributed by atoms with Crippen LogP contribution < -0.4 is 14.7 Å². The minimum absolute atomic E-state index is 0.0356. The van der Waals surface area contributed by atoms with Crippen LogP contribution in [0.3, 0.4) is 0 Å². The molecule has 2 aromatic carbocycles. The number of anilines is 3. The maximum absolute atomic E-state index is 13.2. The second-order valence-electron chi connectivity index (χ2n) is 8.58. The quantitative estimate of drug-likeness (QED) is 0.591. The average molecular weight is 430 g/mol. The van der Waals surface area contributed by atoms with E-state index in [0.717, 1.165) is 35.6 Å². The van der Waals surface area contributed by atoms with E-state index in [1.807, 2.05) is 25.1 Å². The van der Waals surface area contributed by atoms with E-state index in [-0.39, 0.29) is 17.9 Å². The lowest BCUT2D eigenvalue weighted by Crippen LogP contribution is -2.51. The van der Waals surface area contributed by atoms with Crippen molar-refractivity contribution >= 4 is 28.9 Å². The fourth-order valence-electron chi connectivity index (χ4n) is 4.85. The first kappa shape index (κ1) is 20.4. The first-order chi connectivity index (χ1) is 15.5. The molecule has 6 heteroatoms. The van der Waals surface area contributed by atoms with E-state index in [0.29, 0.717) is 12.3 Å². The van der Waals surface area contributed by atoms with Gasteiger partial charge in [0.25, 0.3) is 5.91 Å². The molecule has 1 atom stereocenters. The highest BCUT2D eigenvalue weighted by Crippen LogP contribution is 2.40. The zero-order chi connectivity index (χ0) is 22.2. The Morgan fingerprint density at radius 1 is 0.938 bits per heavy atom. The van der Waals surface area contributed by atoms with Gasteiger partial charge >= 0.3 is 0 Å². The maximum atomic E-state index is 13.2. The molecule has 2 aliphatic rings. The lowest BCUT2D eigenvalue weighted by molar-refractivity contribution is -0.117. The van der Waals surface area contributed by atoms with Crippen molar-refractivity contribution in [2.24, 2.45) is 0 Å². The summed E-state index contributed by atoms with van der Waals surface area (Å²) in [6.07, 6.45) is 4.00. The van der Waals surface area contributed by atoms with E-state index in [1.54, 1.807) is 28.9 Å². The normalized spacial score (nSPS) is 18.1. The van der Waals surface area contributed by atoms with Gasteiger partial charge in [0, 0.05) is 32.2 Å². The number of carbonyl (C=O) groups is 2. The first-order valence-electron chi connectivity index (χ1n) is 11.2. The number of benzene rings is 2. The minimum atomic E-state index is -0.201. The van der Waals surface area contributed by atoms with Crippen molar-refractivity contribution < 1.29 is 14.0 Å². The third kappa shape index (κ3) is 3.55. The van der Waals surface area contributed by atoms with Crippen molar-refractivity contribution in [1.82, 2.24) is 0 Å². The molecule has 0 radical (unpaired) electrons. The van der Waals surface area contributed by atoms with Gasteiger partial charge in [0.15, 0.2) is 5.76 Å². The summed E-state index contributed by atoms with van der Waals surface area (Å²) in [4.78, 5) is 31.5. The van der Waals surface area contributed by atoms with Crippen molar-refractivity contribution in [3.63, 3.8) is 0 Å². The molecule has 1 fully saturated rings. The number of furan rings is 1. The fraction of sp³-hybridized carbons (Fsp3) is 0.308. The molecule has 3 aromatic rings. The van der Waals surface area contributed by atoms with Crippen LogP contribution in [0.15, 0.2) is 65.3 Å². The van der Waals surface area contributed by atoms with Crippen molar-refractivity contribution in [3.05, 3.63) is 66.6 Å².